The minimum absolute atomic E-state index is 0.0861. The third kappa shape index (κ3) is 3.39. The predicted octanol–water partition coefficient (Wildman–Crippen LogP) is 3.73. The Bertz CT molecular complexity index is 689. The molecule has 2 rings (SSSR count). The highest BCUT2D eigenvalue weighted by Gasteiger charge is 2.19. The molecule has 0 saturated carbocycles. The fraction of sp³-hybridized carbons (Fsp3) is 0.267. The van der Waals surface area contributed by atoms with Crippen molar-refractivity contribution < 1.29 is 9.90 Å². The van der Waals surface area contributed by atoms with Crippen LogP contribution >= 0.6 is 15.9 Å². The van der Waals surface area contributed by atoms with Crippen LogP contribution in [-0.2, 0) is 0 Å². The summed E-state index contributed by atoms with van der Waals surface area (Å²) in [6, 6.07) is 7.73. The summed E-state index contributed by atoms with van der Waals surface area (Å²) < 4.78 is 0.971. The first-order valence-corrected chi connectivity index (χ1v) is 7.28. The SMILES string of the molecule is Cc1nnc(NC(C)c2cccc(Br)c2)c(C(=O)O)c1C. The largest absolute Gasteiger partial charge is 0.478 e. The molecule has 1 atom stereocenters. The molecular formula is C15H16BrN3O2. The van der Waals surface area contributed by atoms with Crippen molar-refractivity contribution in [2.45, 2.75) is 26.8 Å². The number of benzene rings is 1. The van der Waals surface area contributed by atoms with Gasteiger partial charge in [-0.05, 0) is 44.0 Å². The normalized spacial score (nSPS) is 12.0. The summed E-state index contributed by atoms with van der Waals surface area (Å²) in [6.07, 6.45) is 0. The maximum absolute atomic E-state index is 11.5. The lowest BCUT2D eigenvalue weighted by atomic mass is 10.1. The standard InChI is InChI=1S/C15H16BrN3O2/c1-8-9(2)18-19-14(13(8)15(20)21)17-10(3)11-5-4-6-12(16)7-11/h4-7,10H,1-3H3,(H,17,19)(H,20,21). The number of rotatable bonds is 4. The van der Waals surface area contributed by atoms with Crippen LogP contribution in [0.5, 0.6) is 0 Å². The molecule has 1 aromatic carbocycles. The molecule has 0 aliphatic rings. The molecule has 0 saturated heterocycles. The van der Waals surface area contributed by atoms with Crippen molar-refractivity contribution in [1.82, 2.24) is 10.2 Å². The summed E-state index contributed by atoms with van der Waals surface area (Å²) in [4.78, 5) is 11.5. The first-order chi connectivity index (χ1) is 9.90. The topological polar surface area (TPSA) is 75.1 Å². The van der Waals surface area contributed by atoms with Gasteiger partial charge >= 0.3 is 5.97 Å². The number of hydrogen-bond donors (Lipinski definition) is 2. The third-order valence-electron chi connectivity index (χ3n) is 3.37. The van der Waals surface area contributed by atoms with Crippen LogP contribution in [0.15, 0.2) is 28.7 Å². The molecule has 0 bridgehead atoms. The summed E-state index contributed by atoms with van der Waals surface area (Å²) in [7, 11) is 0. The summed E-state index contributed by atoms with van der Waals surface area (Å²) in [5.41, 5.74) is 2.44. The van der Waals surface area contributed by atoms with Crippen LogP contribution in [0.1, 0.15) is 40.1 Å². The molecule has 1 heterocycles. The summed E-state index contributed by atoms with van der Waals surface area (Å²) in [5.74, 6) is -0.715. The van der Waals surface area contributed by atoms with Crippen molar-refractivity contribution in [2.24, 2.45) is 0 Å². The Morgan fingerprint density at radius 1 is 1.33 bits per heavy atom. The Morgan fingerprint density at radius 2 is 2.05 bits per heavy atom. The smallest absolute Gasteiger partial charge is 0.339 e. The van der Waals surface area contributed by atoms with Crippen molar-refractivity contribution in [3.8, 4) is 0 Å². The number of nitrogens with one attached hydrogen (secondary N) is 1. The molecule has 0 aliphatic heterocycles. The van der Waals surface area contributed by atoms with Crippen molar-refractivity contribution >= 4 is 27.7 Å². The van der Waals surface area contributed by atoms with E-state index in [1.165, 1.54) is 0 Å². The molecule has 6 heteroatoms. The van der Waals surface area contributed by atoms with Crippen LogP contribution in [0.3, 0.4) is 0 Å². The molecule has 5 nitrogen and oxygen atoms in total. The molecule has 2 N–H and O–H groups in total. The van der Waals surface area contributed by atoms with E-state index in [4.69, 9.17) is 0 Å². The van der Waals surface area contributed by atoms with E-state index in [9.17, 15) is 9.90 Å². The zero-order valence-corrected chi connectivity index (χ0v) is 13.6. The average Bonchev–Trinajstić information content (AvgIpc) is 2.42. The quantitative estimate of drug-likeness (QED) is 0.879. The molecule has 1 aromatic heterocycles. The second-order valence-corrected chi connectivity index (χ2v) is 5.78. The highest BCUT2D eigenvalue weighted by Crippen LogP contribution is 2.25. The fourth-order valence-corrected chi connectivity index (χ4v) is 2.45. The van der Waals surface area contributed by atoms with Crippen molar-refractivity contribution in [2.75, 3.05) is 5.32 Å². The number of hydrogen-bond acceptors (Lipinski definition) is 4. The van der Waals surface area contributed by atoms with E-state index in [-0.39, 0.29) is 17.4 Å². The van der Waals surface area contributed by atoms with E-state index in [1.54, 1.807) is 13.8 Å². The van der Waals surface area contributed by atoms with E-state index in [0.717, 1.165) is 10.0 Å². The predicted molar refractivity (Wildman–Crippen MR) is 84.6 cm³/mol. The van der Waals surface area contributed by atoms with Gasteiger partial charge in [0.15, 0.2) is 5.82 Å². The summed E-state index contributed by atoms with van der Waals surface area (Å²) >= 11 is 3.42. The van der Waals surface area contributed by atoms with Crippen LogP contribution < -0.4 is 5.32 Å². The van der Waals surface area contributed by atoms with Crippen LogP contribution in [0.4, 0.5) is 5.82 Å². The molecule has 110 valence electrons. The molecule has 0 radical (unpaired) electrons. The fourth-order valence-electron chi connectivity index (χ4n) is 2.04. The Labute approximate surface area is 131 Å². The lowest BCUT2D eigenvalue weighted by Crippen LogP contribution is -2.15. The number of carboxylic acid groups (broad SMARTS) is 1. The molecule has 21 heavy (non-hydrogen) atoms. The maximum Gasteiger partial charge on any atom is 0.339 e. The lowest BCUT2D eigenvalue weighted by molar-refractivity contribution is 0.0696. The average molecular weight is 350 g/mol. The van der Waals surface area contributed by atoms with Gasteiger partial charge in [-0.3, -0.25) is 0 Å². The van der Waals surface area contributed by atoms with Gasteiger partial charge in [0.25, 0.3) is 0 Å². The highest BCUT2D eigenvalue weighted by molar-refractivity contribution is 9.10. The van der Waals surface area contributed by atoms with Gasteiger partial charge in [0.05, 0.1) is 11.7 Å². The van der Waals surface area contributed by atoms with Crippen LogP contribution in [0, 0.1) is 13.8 Å². The van der Waals surface area contributed by atoms with Gasteiger partial charge in [0.2, 0.25) is 0 Å². The van der Waals surface area contributed by atoms with E-state index in [2.05, 4.69) is 31.4 Å². The number of nitrogens with zero attached hydrogens (tertiary/aromatic N) is 2. The summed E-state index contributed by atoms with van der Waals surface area (Å²) in [5, 5.41) is 20.5. The summed E-state index contributed by atoms with van der Waals surface area (Å²) in [6.45, 7) is 5.43. The van der Waals surface area contributed by atoms with Crippen molar-refractivity contribution in [3.05, 3.63) is 51.1 Å². The molecule has 0 spiro atoms. The van der Waals surface area contributed by atoms with Gasteiger partial charge < -0.3 is 10.4 Å². The van der Waals surface area contributed by atoms with Crippen molar-refractivity contribution in [3.63, 3.8) is 0 Å². The molecule has 1 unspecified atom stereocenters. The minimum Gasteiger partial charge on any atom is -0.478 e. The number of halogens is 1. The molecule has 0 fully saturated rings. The number of carboxylic acids is 1. The zero-order valence-electron chi connectivity index (χ0n) is 12.0. The van der Waals surface area contributed by atoms with Gasteiger partial charge in [-0.1, -0.05) is 28.1 Å². The monoisotopic (exact) mass is 349 g/mol. The minimum atomic E-state index is -1.01. The second-order valence-electron chi connectivity index (χ2n) is 4.86. The highest BCUT2D eigenvalue weighted by atomic mass is 79.9. The van der Waals surface area contributed by atoms with E-state index < -0.39 is 5.97 Å². The van der Waals surface area contributed by atoms with E-state index in [0.29, 0.717) is 11.3 Å². The number of aromatic nitrogens is 2. The number of anilines is 1. The number of carbonyl (C=O) groups is 1. The van der Waals surface area contributed by atoms with Gasteiger partial charge in [-0.25, -0.2) is 4.79 Å². The first kappa shape index (κ1) is 15.4. The van der Waals surface area contributed by atoms with Crippen molar-refractivity contribution in [1.29, 1.82) is 0 Å². The Hall–Kier alpha value is -1.95. The Balaban J connectivity index is 2.35. The van der Waals surface area contributed by atoms with Gasteiger partial charge in [0, 0.05) is 4.47 Å². The van der Waals surface area contributed by atoms with Gasteiger partial charge in [0.1, 0.15) is 5.56 Å². The van der Waals surface area contributed by atoms with Gasteiger partial charge in [-0.15, -0.1) is 5.10 Å². The zero-order chi connectivity index (χ0) is 15.6. The third-order valence-corrected chi connectivity index (χ3v) is 3.86. The Morgan fingerprint density at radius 3 is 2.67 bits per heavy atom. The maximum atomic E-state index is 11.5. The molecule has 0 amide bonds. The first-order valence-electron chi connectivity index (χ1n) is 6.49. The van der Waals surface area contributed by atoms with Crippen LogP contribution in [0.25, 0.3) is 0 Å². The van der Waals surface area contributed by atoms with E-state index >= 15 is 0 Å². The Kier molecular flexibility index (Phi) is 4.57. The molecule has 0 aliphatic carbocycles. The van der Waals surface area contributed by atoms with Gasteiger partial charge in [-0.2, -0.15) is 5.10 Å². The van der Waals surface area contributed by atoms with E-state index in [1.807, 2.05) is 31.2 Å². The number of aromatic carboxylic acids is 1. The molecular weight excluding hydrogens is 334 g/mol. The van der Waals surface area contributed by atoms with Crippen LogP contribution in [-0.4, -0.2) is 21.3 Å². The second kappa shape index (κ2) is 6.22. The lowest BCUT2D eigenvalue weighted by Gasteiger charge is -2.17. The van der Waals surface area contributed by atoms with Crippen LogP contribution in [0.2, 0.25) is 0 Å². The molecule has 2 aromatic rings. The number of aryl methyl sites for hydroxylation is 1.